The Balaban J connectivity index is 2.56. The molecule has 1 aromatic carbocycles. The molecule has 0 aliphatic carbocycles. The van der Waals surface area contributed by atoms with E-state index in [1.165, 1.54) is 5.56 Å². The molecule has 2 N–H and O–H groups in total. The Morgan fingerprint density at radius 2 is 1.94 bits per heavy atom. The van der Waals surface area contributed by atoms with Crippen molar-refractivity contribution in [2.75, 3.05) is 20.3 Å². The lowest BCUT2D eigenvalue weighted by molar-refractivity contribution is -0.121. The summed E-state index contributed by atoms with van der Waals surface area (Å²) in [6.07, 6.45) is 0.948. The monoisotopic (exact) mass is 251 g/mol. The van der Waals surface area contributed by atoms with E-state index < -0.39 is 0 Å². The van der Waals surface area contributed by atoms with Crippen LogP contribution < -0.4 is 10.1 Å². The lowest BCUT2D eigenvalue weighted by Crippen LogP contribution is -2.26. The van der Waals surface area contributed by atoms with E-state index >= 15 is 0 Å². The van der Waals surface area contributed by atoms with Crippen LogP contribution in [0.2, 0.25) is 0 Å². The Bertz CT molecular complexity index is 392. The molecule has 1 aromatic rings. The van der Waals surface area contributed by atoms with Crippen molar-refractivity contribution in [3.63, 3.8) is 0 Å². The molecule has 0 unspecified atom stereocenters. The summed E-state index contributed by atoms with van der Waals surface area (Å²) in [5, 5.41) is 11.4. The Labute approximate surface area is 108 Å². The molecule has 0 aliphatic rings. The number of ether oxygens (including phenoxy) is 1. The zero-order chi connectivity index (χ0) is 13.5. The summed E-state index contributed by atoms with van der Waals surface area (Å²) in [5.74, 6) is 0.808. The van der Waals surface area contributed by atoms with Crippen LogP contribution in [-0.4, -0.2) is 31.3 Å². The van der Waals surface area contributed by atoms with Gasteiger partial charge in [0.05, 0.1) is 13.7 Å². The lowest BCUT2D eigenvalue weighted by Gasteiger charge is -2.11. The number of aliphatic hydroxyl groups excluding tert-OH is 1. The van der Waals surface area contributed by atoms with Crippen LogP contribution in [0.4, 0.5) is 0 Å². The molecule has 0 radical (unpaired) electrons. The quantitative estimate of drug-likeness (QED) is 0.802. The van der Waals surface area contributed by atoms with Crippen LogP contribution in [0.3, 0.4) is 0 Å². The van der Waals surface area contributed by atoms with Gasteiger partial charge in [0.15, 0.2) is 0 Å². The Hall–Kier alpha value is -1.55. The molecule has 0 aliphatic heterocycles. The van der Waals surface area contributed by atoms with Crippen LogP contribution in [0.15, 0.2) is 12.1 Å². The van der Waals surface area contributed by atoms with Gasteiger partial charge in [0.1, 0.15) is 5.75 Å². The zero-order valence-electron chi connectivity index (χ0n) is 11.2. The van der Waals surface area contributed by atoms with Gasteiger partial charge < -0.3 is 15.2 Å². The van der Waals surface area contributed by atoms with E-state index in [1.807, 2.05) is 13.8 Å². The smallest absolute Gasteiger partial charge is 0.222 e. The largest absolute Gasteiger partial charge is 0.496 e. The van der Waals surface area contributed by atoms with E-state index in [0.29, 0.717) is 6.54 Å². The van der Waals surface area contributed by atoms with Crippen LogP contribution in [-0.2, 0) is 11.2 Å². The Kier molecular flexibility index (Phi) is 5.65. The summed E-state index contributed by atoms with van der Waals surface area (Å²) < 4.78 is 5.31. The van der Waals surface area contributed by atoms with E-state index in [0.717, 1.165) is 23.3 Å². The van der Waals surface area contributed by atoms with Gasteiger partial charge in [0.2, 0.25) is 5.91 Å². The molecule has 0 saturated heterocycles. The second-order valence-corrected chi connectivity index (χ2v) is 4.34. The number of amides is 1. The molecule has 4 heteroatoms. The molecule has 0 atom stereocenters. The number of aliphatic hydroxyl groups is 1. The number of carbonyl (C=O) groups is 1. The van der Waals surface area contributed by atoms with Gasteiger partial charge in [-0.3, -0.25) is 4.79 Å². The number of nitrogens with one attached hydrogen (secondary N) is 1. The van der Waals surface area contributed by atoms with Gasteiger partial charge in [-0.15, -0.1) is 0 Å². The minimum Gasteiger partial charge on any atom is -0.496 e. The minimum absolute atomic E-state index is 0.105. The fraction of sp³-hybridized carbons (Fsp3) is 0.500. The first-order valence-electron chi connectivity index (χ1n) is 6.10. The molecule has 0 fully saturated rings. The van der Waals surface area contributed by atoms with Gasteiger partial charge in [0, 0.05) is 13.0 Å². The SMILES string of the molecule is COc1c(C)cc(CCNC(=O)CCO)cc1C. The molecular formula is C14H21NO3. The molecule has 0 saturated carbocycles. The predicted octanol–water partition coefficient (Wildman–Crippen LogP) is 1.35. The Morgan fingerprint density at radius 3 is 2.44 bits per heavy atom. The third kappa shape index (κ3) is 4.04. The summed E-state index contributed by atoms with van der Waals surface area (Å²) >= 11 is 0. The first-order valence-corrected chi connectivity index (χ1v) is 6.10. The van der Waals surface area contributed by atoms with E-state index in [9.17, 15) is 4.79 Å². The fourth-order valence-electron chi connectivity index (χ4n) is 2.04. The van der Waals surface area contributed by atoms with Gasteiger partial charge in [0.25, 0.3) is 0 Å². The van der Waals surface area contributed by atoms with Crippen LogP contribution in [0.1, 0.15) is 23.1 Å². The maximum absolute atomic E-state index is 11.2. The normalized spacial score (nSPS) is 10.2. The van der Waals surface area contributed by atoms with E-state index in [2.05, 4.69) is 17.4 Å². The summed E-state index contributed by atoms with van der Waals surface area (Å²) in [7, 11) is 1.67. The van der Waals surface area contributed by atoms with Crippen LogP contribution >= 0.6 is 0 Å². The number of carbonyl (C=O) groups excluding carboxylic acids is 1. The molecule has 0 bridgehead atoms. The van der Waals surface area contributed by atoms with Crippen molar-refractivity contribution in [1.29, 1.82) is 0 Å². The third-order valence-electron chi connectivity index (χ3n) is 2.80. The van der Waals surface area contributed by atoms with Crippen LogP contribution in [0, 0.1) is 13.8 Å². The maximum atomic E-state index is 11.2. The second-order valence-electron chi connectivity index (χ2n) is 4.34. The number of hydrogen-bond donors (Lipinski definition) is 2. The molecule has 4 nitrogen and oxygen atoms in total. The highest BCUT2D eigenvalue weighted by molar-refractivity contribution is 5.75. The van der Waals surface area contributed by atoms with E-state index in [-0.39, 0.29) is 18.9 Å². The van der Waals surface area contributed by atoms with E-state index in [4.69, 9.17) is 9.84 Å². The van der Waals surface area contributed by atoms with E-state index in [1.54, 1.807) is 7.11 Å². The molecule has 1 rings (SSSR count). The molecule has 1 amide bonds. The van der Waals surface area contributed by atoms with Crippen molar-refractivity contribution in [2.24, 2.45) is 0 Å². The van der Waals surface area contributed by atoms with Gasteiger partial charge in [-0.2, -0.15) is 0 Å². The summed E-state index contributed by atoms with van der Waals surface area (Å²) in [6.45, 7) is 4.51. The third-order valence-corrected chi connectivity index (χ3v) is 2.80. The molecule has 0 heterocycles. The number of aryl methyl sites for hydroxylation is 2. The summed E-state index contributed by atoms with van der Waals surface area (Å²) in [6, 6.07) is 4.15. The molecular weight excluding hydrogens is 230 g/mol. The van der Waals surface area contributed by atoms with Crippen molar-refractivity contribution in [1.82, 2.24) is 5.32 Å². The molecule has 0 aromatic heterocycles. The highest BCUT2D eigenvalue weighted by Gasteiger charge is 2.05. The summed E-state index contributed by atoms with van der Waals surface area (Å²) in [4.78, 5) is 11.2. The number of methoxy groups -OCH3 is 1. The van der Waals surface area contributed by atoms with Crippen molar-refractivity contribution in [2.45, 2.75) is 26.7 Å². The van der Waals surface area contributed by atoms with Gasteiger partial charge in [-0.05, 0) is 37.0 Å². The molecule has 18 heavy (non-hydrogen) atoms. The van der Waals surface area contributed by atoms with Crippen molar-refractivity contribution >= 4 is 5.91 Å². The van der Waals surface area contributed by atoms with Crippen molar-refractivity contribution in [3.8, 4) is 5.75 Å². The molecule has 100 valence electrons. The van der Waals surface area contributed by atoms with Crippen LogP contribution in [0.5, 0.6) is 5.75 Å². The number of benzene rings is 1. The maximum Gasteiger partial charge on any atom is 0.222 e. The first-order chi connectivity index (χ1) is 8.58. The zero-order valence-corrected chi connectivity index (χ0v) is 11.2. The standard InChI is InChI=1S/C14H21NO3/c1-10-8-12(9-11(2)14(10)18-3)4-6-15-13(17)5-7-16/h8-9,16H,4-7H2,1-3H3,(H,15,17). The predicted molar refractivity (Wildman–Crippen MR) is 70.9 cm³/mol. The molecule has 0 spiro atoms. The van der Waals surface area contributed by atoms with Gasteiger partial charge >= 0.3 is 0 Å². The fourth-order valence-corrected chi connectivity index (χ4v) is 2.04. The highest BCUT2D eigenvalue weighted by atomic mass is 16.5. The minimum atomic E-state index is -0.112. The van der Waals surface area contributed by atoms with Gasteiger partial charge in [-0.25, -0.2) is 0 Å². The number of hydrogen-bond acceptors (Lipinski definition) is 3. The van der Waals surface area contributed by atoms with Gasteiger partial charge in [-0.1, -0.05) is 12.1 Å². The van der Waals surface area contributed by atoms with Crippen molar-refractivity contribution < 1.29 is 14.6 Å². The van der Waals surface area contributed by atoms with Crippen molar-refractivity contribution in [3.05, 3.63) is 28.8 Å². The average Bonchev–Trinajstić information content (AvgIpc) is 2.29. The first kappa shape index (κ1) is 14.5. The summed E-state index contributed by atoms with van der Waals surface area (Å²) in [5.41, 5.74) is 3.39. The van der Waals surface area contributed by atoms with Crippen LogP contribution in [0.25, 0.3) is 0 Å². The average molecular weight is 251 g/mol. The second kappa shape index (κ2) is 7.01. The highest BCUT2D eigenvalue weighted by Crippen LogP contribution is 2.24. The topological polar surface area (TPSA) is 58.6 Å². The number of rotatable bonds is 6. The Morgan fingerprint density at radius 1 is 1.33 bits per heavy atom. The lowest BCUT2D eigenvalue weighted by atomic mass is 10.0.